The Morgan fingerprint density at radius 2 is 2.22 bits per heavy atom. The van der Waals surface area contributed by atoms with E-state index in [0.717, 1.165) is 12.0 Å². The lowest BCUT2D eigenvalue weighted by molar-refractivity contribution is -0.122. The number of ether oxygens (including phenoxy) is 1. The van der Waals surface area contributed by atoms with Crippen LogP contribution in [0.25, 0.3) is 0 Å². The zero-order valence-electron chi connectivity index (χ0n) is 11.1. The van der Waals surface area contributed by atoms with Crippen molar-refractivity contribution in [2.24, 2.45) is 0 Å². The van der Waals surface area contributed by atoms with E-state index in [4.69, 9.17) is 10.5 Å². The van der Waals surface area contributed by atoms with Gasteiger partial charge in [0.15, 0.2) is 0 Å². The Morgan fingerprint density at radius 1 is 1.44 bits per heavy atom. The second-order valence-corrected chi connectivity index (χ2v) is 4.32. The number of nitrogens with one attached hydrogen (secondary N) is 1. The molecule has 0 fully saturated rings. The van der Waals surface area contributed by atoms with Crippen LogP contribution in [-0.4, -0.2) is 19.1 Å². The zero-order valence-corrected chi connectivity index (χ0v) is 11.1. The molecule has 1 atom stereocenters. The number of carbonyl (C=O) groups excluding carboxylic acids is 1. The van der Waals surface area contributed by atoms with E-state index in [1.54, 1.807) is 0 Å². The maximum absolute atomic E-state index is 11.7. The molecule has 1 amide bonds. The SMILES string of the molecule is CCCOCCC(=O)NC(C)c1cccc(N)c1. The van der Waals surface area contributed by atoms with Gasteiger partial charge >= 0.3 is 0 Å². The van der Waals surface area contributed by atoms with Gasteiger partial charge in [0, 0.05) is 18.7 Å². The Bertz CT molecular complexity index is 380. The van der Waals surface area contributed by atoms with Crippen molar-refractivity contribution >= 4 is 11.6 Å². The topological polar surface area (TPSA) is 64.3 Å². The van der Waals surface area contributed by atoms with Crippen molar-refractivity contribution < 1.29 is 9.53 Å². The van der Waals surface area contributed by atoms with Gasteiger partial charge < -0.3 is 15.8 Å². The number of rotatable bonds is 7. The van der Waals surface area contributed by atoms with Crippen LogP contribution in [0.15, 0.2) is 24.3 Å². The minimum atomic E-state index is -0.0350. The summed E-state index contributed by atoms with van der Waals surface area (Å²) in [4.78, 5) is 11.7. The quantitative estimate of drug-likeness (QED) is 0.576. The molecule has 1 rings (SSSR count). The average Bonchev–Trinajstić information content (AvgIpc) is 2.34. The van der Waals surface area contributed by atoms with Crippen LogP contribution < -0.4 is 11.1 Å². The second-order valence-electron chi connectivity index (χ2n) is 4.32. The third kappa shape index (κ3) is 5.19. The van der Waals surface area contributed by atoms with Crippen molar-refractivity contribution in [3.05, 3.63) is 29.8 Å². The first-order chi connectivity index (χ1) is 8.63. The summed E-state index contributed by atoms with van der Waals surface area (Å²) in [6.45, 7) is 5.17. The largest absolute Gasteiger partial charge is 0.399 e. The molecular formula is C14H22N2O2. The van der Waals surface area contributed by atoms with Crippen LogP contribution >= 0.6 is 0 Å². The molecule has 0 spiro atoms. The van der Waals surface area contributed by atoms with Gasteiger partial charge in [-0.2, -0.15) is 0 Å². The molecule has 100 valence electrons. The van der Waals surface area contributed by atoms with E-state index in [1.165, 1.54) is 0 Å². The summed E-state index contributed by atoms with van der Waals surface area (Å²) in [5.74, 6) is 0.000951. The fourth-order valence-corrected chi connectivity index (χ4v) is 1.64. The van der Waals surface area contributed by atoms with E-state index in [9.17, 15) is 4.79 Å². The molecule has 1 aromatic carbocycles. The lowest BCUT2D eigenvalue weighted by Crippen LogP contribution is -2.27. The first-order valence-corrected chi connectivity index (χ1v) is 6.36. The Kier molecular flexibility index (Phi) is 6.22. The fourth-order valence-electron chi connectivity index (χ4n) is 1.64. The number of nitrogen functional groups attached to an aromatic ring is 1. The molecule has 0 saturated heterocycles. The first-order valence-electron chi connectivity index (χ1n) is 6.36. The van der Waals surface area contributed by atoms with Crippen molar-refractivity contribution in [3.8, 4) is 0 Å². The fraction of sp³-hybridized carbons (Fsp3) is 0.500. The second kappa shape index (κ2) is 7.71. The van der Waals surface area contributed by atoms with E-state index in [2.05, 4.69) is 5.32 Å². The summed E-state index contributed by atoms with van der Waals surface area (Å²) in [5.41, 5.74) is 7.43. The zero-order chi connectivity index (χ0) is 13.4. The monoisotopic (exact) mass is 250 g/mol. The first kappa shape index (κ1) is 14.5. The molecule has 0 aliphatic heterocycles. The highest BCUT2D eigenvalue weighted by molar-refractivity contribution is 5.76. The predicted molar refractivity (Wildman–Crippen MR) is 73.1 cm³/mol. The van der Waals surface area contributed by atoms with Crippen LogP contribution in [0.4, 0.5) is 5.69 Å². The predicted octanol–water partition coefficient (Wildman–Crippen LogP) is 2.26. The number of amides is 1. The smallest absolute Gasteiger partial charge is 0.222 e. The standard InChI is InChI=1S/C14H22N2O2/c1-3-8-18-9-7-14(17)16-11(2)12-5-4-6-13(15)10-12/h4-6,10-11H,3,7-9,15H2,1-2H3,(H,16,17). The Morgan fingerprint density at radius 3 is 2.89 bits per heavy atom. The molecule has 4 nitrogen and oxygen atoms in total. The van der Waals surface area contributed by atoms with Gasteiger partial charge in [0.2, 0.25) is 5.91 Å². The summed E-state index contributed by atoms with van der Waals surface area (Å²) in [6.07, 6.45) is 1.37. The molecule has 0 heterocycles. The number of hydrogen-bond acceptors (Lipinski definition) is 3. The maximum atomic E-state index is 11.7. The molecule has 1 unspecified atom stereocenters. The molecule has 1 aromatic rings. The van der Waals surface area contributed by atoms with Gasteiger partial charge in [-0.05, 0) is 31.0 Å². The Labute approximate surface area is 109 Å². The average molecular weight is 250 g/mol. The summed E-state index contributed by atoms with van der Waals surface area (Å²) < 4.78 is 5.28. The highest BCUT2D eigenvalue weighted by Crippen LogP contribution is 2.15. The van der Waals surface area contributed by atoms with E-state index in [0.29, 0.717) is 25.3 Å². The number of nitrogens with two attached hydrogens (primary N) is 1. The molecule has 0 aliphatic rings. The molecule has 0 bridgehead atoms. The van der Waals surface area contributed by atoms with Crippen molar-refractivity contribution in [1.82, 2.24) is 5.32 Å². The van der Waals surface area contributed by atoms with Crippen LogP contribution in [0, 0.1) is 0 Å². The number of benzene rings is 1. The molecule has 0 radical (unpaired) electrons. The number of anilines is 1. The summed E-state index contributed by atoms with van der Waals surface area (Å²) >= 11 is 0. The van der Waals surface area contributed by atoms with Gasteiger partial charge in [0.25, 0.3) is 0 Å². The molecule has 0 aromatic heterocycles. The third-order valence-electron chi connectivity index (χ3n) is 2.61. The van der Waals surface area contributed by atoms with E-state index in [-0.39, 0.29) is 11.9 Å². The summed E-state index contributed by atoms with van der Waals surface area (Å²) in [7, 11) is 0. The van der Waals surface area contributed by atoms with Crippen LogP contribution in [0.2, 0.25) is 0 Å². The minimum absolute atomic E-state index is 0.000951. The van der Waals surface area contributed by atoms with Crippen LogP contribution in [0.3, 0.4) is 0 Å². The van der Waals surface area contributed by atoms with Gasteiger partial charge in [-0.1, -0.05) is 19.1 Å². The van der Waals surface area contributed by atoms with E-state index >= 15 is 0 Å². The minimum Gasteiger partial charge on any atom is -0.399 e. The number of hydrogen-bond donors (Lipinski definition) is 2. The van der Waals surface area contributed by atoms with Gasteiger partial charge in [-0.3, -0.25) is 4.79 Å². The van der Waals surface area contributed by atoms with Gasteiger partial charge in [-0.25, -0.2) is 0 Å². The van der Waals surface area contributed by atoms with Crippen molar-refractivity contribution in [3.63, 3.8) is 0 Å². The summed E-state index contributed by atoms with van der Waals surface area (Å²) in [6, 6.07) is 7.51. The van der Waals surface area contributed by atoms with Crippen molar-refractivity contribution in [1.29, 1.82) is 0 Å². The Hall–Kier alpha value is -1.55. The van der Waals surface area contributed by atoms with Crippen LogP contribution in [0.5, 0.6) is 0 Å². The van der Waals surface area contributed by atoms with Gasteiger partial charge in [0.1, 0.15) is 0 Å². The third-order valence-corrected chi connectivity index (χ3v) is 2.61. The highest BCUT2D eigenvalue weighted by Gasteiger charge is 2.09. The van der Waals surface area contributed by atoms with E-state index in [1.807, 2.05) is 38.1 Å². The molecule has 4 heteroatoms. The molecular weight excluding hydrogens is 228 g/mol. The number of carbonyl (C=O) groups is 1. The molecule has 3 N–H and O–H groups in total. The lowest BCUT2D eigenvalue weighted by Gasteiger charge is -2.14. The normalized spacial score (nSPS) is 12.1. The Balaban J connectivity index is 2.35. The lowest BCUT2D eigenvalue weighted by atomic mass is 10.1. The van der Waals surface area contributed by atoms with E-state index < -0.39 is 0 Å². The summed E-state index contributed by atoms with van der Waals surface area (Å²) in [5, 5.41) is 2.93. The highest BCUT2D eigenvalue weighted by atomic mass is 16.5. The molecule has 18 heavy (non-hydrogen) atoms. The van der Waals surface area contributed by atoms with Crippen molar-refractivity contribution in [2.45, 2.75) is 32.7 Å². The van der Waals surface area contributed by atoms with Gasteiger partial charge in [0.05, 0.1) is 12.6 Å². The molecule has 0 aliphatic carbocycles. The van der Waals surface area contributed by atoms with Crippen LogP contribution in [-0.2, 0) is 9.53 Å². The van der Waals surface area contributed by atoms with Crippen molar-refractivity contribution in [2.75, 3.05) is 18.9 Å². The molecule has 0 saturated carbocycles. The maximum Gasteiger partial charge on any atom is 0.222 e. The van der Waals surface area contributed by atoms with Crippen LogP contribution in [0.1, 0.15) is 38.3 Å². The van der Waals surface area contributed by atoms with Gasteiger partial charge in [-0.15, -0.1) is 0 Å².